The molecular formula is C10H14N4S. The van der Waals surface area contributed by atoms with Gasteiger partial charge in [0.05, 0.1) is 5.69 Å². The molecule has 0 spiro atoms. The van der Waals surface area contributed by atoms with Crippen LogP contribution in [0.4, 0.5) is 5.82 Å². The summed E-state index contributed by atoms with van der Waals surface area (Å²) in [6.07, 6.45) is 1.87. The molecule has 5 heteroatoms. The first-order valence-electron chi connectivity index (χ1n) is 5.01. The summed E-state index contributed by atoms with van der Waals surface area (Å²) in [6.45, 7) is 2.92. The maximum atomic E-state index is 5.71. The van der Waals surface area contributed by atoms with Crippen molar-refractivity contribution in [2.45, 2.75) is 26.3 Å². The van der Waals surface area contributed by atoms with Crippen molar-refractivity contribution >= 4 is 17.2 Å². The Balaban J connectivity index is 2.05. The van der Waals surface area contributed by atoms with E-state index in [4.69, 9.17) is 5.73 Å². The predicted molar refractivity (Wildman–Crippen MR) is 61.8 cm³/mol. The molecule has 0 amide bonds. The highest BCUT2D eigenvalue weighted by molar-refractivity contribution is 7.09. The van der Waals surface area contributed by atoms with Gasteiger partial charge in [0, 0.05) is 17.8 Å². The van der Waals surface area contributed by atoms with Gasteiger partial charge in [-0.1, -0.05) is 18.2 Å². The Bertz CT molecular complexity index is 419. The molecule has 0 aliphatic rings. The van der Waals surface area contributed by atoms with Gasteiger partial charge < -0.3 is 5.73 Å². The first kappa shape index (κ1) is 10.2. The Labute approximate surface area is 92.7 Å². The normalized spacial score (nSPS) is 10.7. The number of hydrogen-bond donors (Lipinski definition) is 1. The van der Waals surface area contributed by atoms with Crippen LogP contribution in [0.25, 0.3) is 0 Å². The van der Waals surface area contributed by atoms with E-state index in [-0.39, 0.29) is 0 Å². The number of aromatic nitrogens is 3. The van der Waals surface area contributed by atoms with Crippen LogP contribution < -0.4 is 5.73 Å². The van der Waals surface area contributed by atoms with Gasteiger partial charge in [-0.2, -0.15) is 0 Å². The highest BCUT2D eigenvalue weighted by Crippen LogP contribution is 2.12. The van der Waals surface area contributed by atoms with Crippen LogP contribution in [0.5, 0.6) is 0 Å². The number of rotatable bonds is 4. The first-order valence-corrected chi connectivity index (χ1v) is 5.89. The van der Waals surface area contributed by atoms with Gasteiger partial charge in [-0.25, -0.2) is 4.68 Å². The number of hydrogen-bond acceptors (Lipinski definition) is 4. The van der Waals surface area contributed by atoms with E-state index in [9.17, 15) is 0 Å². The van der Waals surface area contributed by atoms with Crippen molar-refractivity contribution in [3.8, 4) is 0 Å². The summed E-state index contributed by atoms with van der Waals surface area (Å²) in [5.74, 6) is 0.559. The van der Waals surface area contributed by atoms with Crippen LogP contribution >= 0.6 is 11.3 Å². The first-order chi connectivity index (χ1) is 7.31. The van der Waals surface area contributed by atoms with Crippen molar-refractivity contribution in [1.29, 1.82) is 0 Å². The molecule has 0 fully saturated rings. The van der Waals surface area contributed by atoms with Crippen LogP contribution in [0, 0.1) is 0 Å². The molecule has 0 unspecified atom stereocenters. The Hall–Kier alpha value is -1.36. The van der Waals surface area contributed by atoms with Crippen molar-refractivity contribution in [2.24, 2.45) is 0 Å². The van der Waals surface area contributed by atoms with Gasteiger partial charge in [0.25, 0.3) is 0 Å². The largest absolute Gasteiger partial charge is 0.381 e. The molecule has 0 aromatic carbocycles. The van der Waals surface area contributed by atoms with Crippen molar-refractivity contribution in [3.05, 3.63) is 28.1 Å². The van der Waals surface area contributed by atoms with Gasteiger partial charge in [-0.3, -0.25) is 0 Å². The molecule has 4 nitrogen and oxygen atoms in total. The van der Waals surface area contributed by atoms with Crippen LogP contribution in [0.1, 0.15) is 17.5 Å². The van der Waals surface area contributed by atoms with Gasteiger partial charge in [0.1, 0.15) is 0 Å². The van der Waals surface area contributed by atoms with Crippen LogP contribution in [0.15, 0.2) is 17.5 Å². The number of anilines is 1. The third-order valence-corrected chi connectivity index (χ3v) is 3.29. The third-order valence-electron chi connectivity index (χ3n) is 2.35. The lowest BCUT2D eigenvalue weighted by atomic mass is 10.3. The molecular weight excluding hydrogens is 208 g/mol. The highest BCUT2D eigenvalue weighted by Gasteiger charge is 2.07. The molecule has 0 saturated carbocycles. The SMILES string of the molecule is CCc1c(N)nnn1CCc1cccs1. The lowest BCUT2D eigenvalue weighted by Gasteiger charge is -2.03. The summed E-state index contributed by atoms with van der Waals surface area (Å²) < 4.78 is 1.90. The molecule has 0 aliphatic carbocycles. The van der Waals surface area contributed by atoms with Crippen LogP contribution in [-0.4, -0.2) is 15.0 Å². The molecule has 2 aromatic heterocycles. The summed E-state index contributed by atoms with van der Waals surface area (Å²) in [4.78, 5) is 1.37. The minimum atomic E-state index is 0.559. The van der Waals surface area contributed by atoms with E-state index in [0.717, 1.165) is 25.1 Å². The summed E-state index contributed by atoms with van der Waals surface area (Å²) in [5, 5.41) is 10.0. The molecule has 2 N–H and O–H groups in total. The zero-order valence-electron chi connectivity index (χ0n) is 8.68. The number of thiophene rings is 1. The lowest BCUT2D eigenvalue weighted by Crippen LogP contribution is -2.07. The Kier molecular flexibility index (Phi) is 3.01. The van der Waals surface area contributed by atoms with E-state index < -0.39 is 0 Å². The summed E-state index contributed by atoms with van der Waals surface area (Å²) in [7, 11) is 0. The smallest absolute Gasteiger partial charge is 0.169 e. The molecule has 0 saturated heterocycles. The standard InChI is InChI=1S/C10H14N4S/c1-2-9-10(11)12-13-14(9)6-5-8-4-3-7-15-8/h3-4,7H,2,5-6,11H2,1H3. The van der Waals surface area contributed by atoms with Gasteiger partial charge in [0.15, 0.2) is 5.82 Å². The lowest BCUT2D eigenvalue weighted by molar-refractivity contribution is 0.569. The van der Waals surface area contributed by atoms with Gasteiger partial charge >= 0.3 is 0 Å². The van der Waals surface area contributed by atoms with Gasteiger partial charge in [-0.05, 0) is 17.9 Å². The van der Waals surface area contributed by atoms with E-state index in [2.05, 4.69) is 34.7 Å². The molecule has 15 heavy (non-hydrogen) atoms. The average Bonchev–Trinajstić information content (AvgIpc) is 2.84. The maximum Gasteiger partial charge on any atom is 0.169 e. The fraction of sp³-hybridized carbons (Fsp3) is 0.400. The maximum absolute atomic E-state index is 5.71. The minimum Gasteiger partial charge on any atom is -0.381 e. The summed E-state index contributed by atoms with van der Waals surface area (Å²) in [5.41, 5.74) is 6.74. The third kappa shape index (κ3) is 2.18. The second kappa shape index (κ2) is 4.44. The zero-order chi connectivity index (χ0) is 10.7. The molecule has 2 rings (SSSR count). The van der Waals surface area contributed by atoms with Gasteiger partial charge in [0.2, 0.25) is 0 Å². The monoisotopic (exact) mass is 222 g/mol. The Morgan fingerprint density at radius 1 is 1.53 bits per heavy atom. The highest BCUT2D eigenvalue weighted by atomic mass is 32.1. The molecule has 0 radical (unpaired) electrons. The topological polar surface area (TPSA) is 56.7 Å². The molecule has 2 heterocycles. The predicted octanol–water partition coefficient (Wildman–Crippen LogP) is 1.73. The minimum absolute atomic E-state index is 0.559. The Morgan fingerprint density at radius 3 is 3.07 bits per heavy atom. The van der Waals surface area contributed by atoms with Crippen molar-refractivity contribution in [1.82, 2.24) is 15.0 Å². The fourth-order valence-electron chi connectivity index (χ4n) is 1.56. The van der Waals surface area contributed by atoms with Crippen LogP contribution in [0.2, 0.25) is 0 Å². The molecule has 0 aliphatic heterocycles. The van der Waals surface area contributed by atoms with E-state index in [1.54, 1.807) is 11.3 Å². The summed E-state index contributed by atoms with van der Waals surface area (Å²) >= 11 is 1.77. The van der Waals surface area contributed by atoms with Crippen LogP contribution in [-0.2, 0) is 19.4 Å². The van der Waals surface area contributed by atoms with E-state index >= 15 is 0 Å². The number of nitrogen functional groups attached to an aromatic ring is 1. The van der Waals surface area contributed by atoms with E-state index in [1.165, 1.54) is 4.88 Å². The summed E-state index contributed by atoms with van der Waals surface area (Å²) in [6, 6.07) is 4.20. The number of nitrogens with two attached hydrogens (primary N) is 1. The Morgan fingerprint density at radius 2 is 2.40 bits per heavy atom. The number of aryl methyl sites for hydroxylation is 2. The zero-order valence-corrected chi connectivity index (χ0v) is 9.50. The average molecular weight is 222 g/mol. The van der Waals surface area contributed by atoms with Crippen molar-refractivity contribution in [2.75, 3.05) is 5.73 Å². The molecule has 0 atom stereocenters. The van der Waals surface area contributed by atoms with Gasteiger partial charge in [-0.15, -0.1) is 16.4 Å². The van der Waals surface area contributed by atoms with E-state index in [0.29, 0.717) is 5.82 Å². The fourth-order valence-corrected chi connectivity index (χ4v) is 2.26. The molecule has 0 bridgehead atoms. The second-order valence-electron chi connectivity index (χ2n) is 3.33. The number of nitrogens with zero attached hydrogens (tertiary/aromatic N) is 3. The van der Waals surface area contributed by atoms with Crippen LogP contribution in [0.3, 0.4) is 0 Å². The quantitative estimate of drug-likeness (QED) is 0.857. The second-order valence-corrected chi connectivity index (χ2v) is 4.36. The van der Waals surface area contributed by atoms with E-state index in [1.807, 2.05) is 4.68 Å². The van der Waals surface area contributed by atoms with Crippen molar-refractivity contribution in [3.63, 3.8) is 0 Å². The molecule has 80 valence electrons. The van der Waals surface area contributed by atoms with Crippen molar-refractivity contribution < 1.29 is 0 Å². The molecule has 2 aromatic rings.